The Kier molecular flexibility index (Phi) is 4.64. The number of thioether (sulfide) groups is 1. The molecular weight excluding hydrogens is 364 g/mol. The number of pyridine rings is 1. The van der Waals surface area contributed by atoms with Gasteiger partial charge >= 0.3 is 0 Å². The first-order valence-corrected chi connectivity index (χ1v) is 9.18. The van der Waals surface area contributed by atoms with Crippen LogP contribution in [0.1, 0.15) is 11.1 Å². The van der Waals surface area contributed by atoms with Gasteiger partial charge in [-0.25, -0.2) is 0 Å². The monoisotopic (exact) mass is 378 g/mol. The molecule has 1 aliphatic rings. The summed E-state index contributed by atoms with van der Waals surface area (Å²) in [6, 6.07) is 13.9. The van der Waals surface area contributed by atoms with Crippen molar-refractivity contribution in [3.8, 4) is 11.3 Å². The number of hydrogen-bond acceptors (Lipinski definition) is 5. The summed E-state index contributed by atoms with van der Waals surface area (Å²) >= 11 is 6.33. The summed E-state index contributed by atoms with van der Waals surface area (Å²) in [5, 5.41) is 7.36. The molecule has 1 aromatic carbocycles. The highest BCUT2D eigenvalue weighted by Gasteiger charge is 2.23. The van der Waals surface area contributed by atoms with Crippen molar-refractivity contribution in [2.24, 2.45) is 0 Å². The van der Waals surface area contributed by atoms with Gasteiger partial charge in [0.2, 0.25) is 0 Å². The van der Waals surface area contributed by atoms with Crippen LogP contribution in [0.3, 0.4) is 0 Å². The summed E-state index contributed by atoms with van der Waals surface area (Å²) in [4.78, 5) is 16.8. The van der Waals surface area contributed by atoms with Gasteiger partial charge in [-0.3, -0.25) is 14.5 Å². The molecule has 7 heteroatoms. The first kappa shape index (κ1) is 16.7. The smallest absolute Gasteiger partial charge is 0.263 e. The van der Waals surface area contributed by atoms with E-state index in [4.69, 9.17) is 17.3 Å². The van der Waals surface area contributed by atoms with Crippen LogP contribution in [0.4, 0.5) is 0 Å². The van der Waals surface area contributed by atoms with Crippen LogP contribution in [0.15, 0.2) is 66.0 Å². The maximum Gasteiger partial charge on any atom is 0.263 e. The van der Waals surface area contributed by atoms with Crippen LogP contribution < -0.4 is 5.32 Å². The van der Waals surface area contributed by atoms with E-state index in [1.165, 1.54) is 11.8 Å². The van der Waals surface area contributed by atoms with E-state index in [1.807, 2.05) is 47.3 Å². The lowest BCUT2D eigenvalue weighted by atomic mass is 10.1. The highest BCUT2D eigenvalue weighted by molar-refractivity contribution is 8.26. The number of hydrogen-bond donors (Lipinski definition) is 1. The molecule has 2 aromatic heterocycles. The Labute approximate surface area is 160 Å². The van der Waals surface area contributed by atoms with Crippen LogP contribution in [-0.4, -0.2) is 25.0 Å². The fourth-order valence-electron chi connectivity index (χ4n) is 2.68. The van der Waals surface area contributed by atoms with Crippen LogP contribution in [0.2, 0.25) is 0 Å². The van der Waals surface area contributed by atoms with Crippen molar-refractivity contribution < 1.29 is 4.79 Å². The fourth-order valence-corrected chi connectivity index (χ4v) is 3.72. The van der Waals surface area contributed by atoms with Gasteiger partial charge in [0.25, 0.3) is 5.91 Å². The minimum Gasteiger partial charge on any atom is -0.307 e. The Bertz CT molecular complexity index is 997. The second-order valence-electron chi connectivity index (χ2n) is 5.71. The topological polar surface area (TPSA) is 59.8 Å². The molecule has 0 atom stereocenters. The van der Waals surface area contributed by atoms with Gasteiger partial charge in [0.15, 0.2) is 0 Å². The van der Waals surface area contributed by atoms with E-state index in [9.17, 15) is 4.79 Å². The van der Waals surface area contributed by atoms with E-state index in [2.05, 4.69) is 22.4 Å². The number of carbonyl (C=O) groups excluding carboxylic acids is 1. The van der Waals surface area contributed by atoms with Crippen molar-refractivity contribution in [1.82, 2.24) is 20.1 Å². The summed E-state index contributed by atoms with van der Waals surface area (Å²) in [6.45, 7) is 0.648. The molecule has 0 aliphatic carbocycles. The van der Waals surface area contributed by atoms with Crippen LogP contribution in [0.25, 0.3) is 17.3 Å². The van der Waals surface area contributed by atoms with Gasteiger partial charge in [0, 0.05) is 29.7 Å². The number of carbonyl (C=O) groups is 1. The number of benzene rings is 1. The molecule has 0 spiro atoms. The molecule has 1 saturated heterocycles. The molecule has 26 heavy (non-hydrogen) atoms. The third-order valence-corrected chi connectivity index (χ3v) is 5.00. The molecule has 0 bridgehead atoms. The van der Waals surface area contributed by atoms with Crippen LogP contribution in [0.5, 0.6) is 0 Å². The van der Waals surface area contributed by atoms with Crippen molar-refractivity contribution in [1.29, 1.82) is 0 Å². The zero-order valence-corrected chi connectivity index (χ0v) is 15.3. The molecule has 1 N–H and O–H groups in total. The summed E-state index contributed by atoms with van der Waals surface area (Å²) in [6.07, 6.45) is 7.26. The molecule has 4 rings (SSSR count). The molecular formula is C19H14N4OS2. The van der Waals surface area contributed by atoms with Crippen molar-refractivity contribution in [3.63, 3.8) is 0 Å². The Morgan fingerprint density at radius 2 is 2.04 bits per heavy atom. The largest absolute Gasteiger partial charge is 0.307 e. The lowest BCUT2D eigenvalue weighted by Gasteiger charge is -2.01. The quantitative estimate of drug-likeness (QED) is 0.556. The Balaban J connectivity index is 1.75. The van der Waals surface area contributed by atoms with Gasteiger partial charge in [0.05, 0.1) is 11.4 Å². The fraction of sp³-hybridized carbons (Fsp3) is 0.0526. The predicted molar refractivity (Wildman–Crippen MR) is 107 cm³/mol. The number of nitrogens with zero attached hydrogens (tertiary/aromatic N) is 3. The zero-order chi connectivity index (χ0) is 17.9. The Morgan fingerprint density at radius 3 is 2.73 bits per heavy atom. The molecule has 1 fully saturated rings. The Hall–Kier alpha value is -2.77. The number of nitrogens with one attached hydrogen (secondary N) is 1. The summed E-state index contributed by atoms with van der Waals surface area (Å²) < 4.78 is 2.35. The normalized spacial score (nSPS) is 15.5. The van der Waals surface area contributed by atoms with Gasteiger partial charge in [-0.2, -0.15) is 5.10 Å². The maximum atomic E-state index is 12.0. The van der Waals surface area contributed by atoms with Crippen molar-refractivity contribution in [2.45, 2.75) is 6.54 Å². The molecule has 3 heterocycles. The van der Waals surface area contributed by atoms with Crippen LogP contribution in [0, 0.1) is 0 Å². The van der Waals surface area contributed by atoms with E-state index >= 15 is 0 Å². The summed E-state index contributed by atoms with van der Waals surface area (Å²) in [5.41, 5.74) is 3.70. The molecule has 1 amide bonds. The Morgan fingerprint density at radius 1 is 1.19 bits per heavy atom. The van der Waals surface area contributed by atoms with E-state index < -0.39 is 0 Å². The summed E-state index contributed by atoms with van der Waals surface area (Å²) in [7, 11) is 0. The number of rotatable bonds is 4. The average molecular weight is 378 g/mol. The van der Waals surface area contributed by atoms with Gasteiger partial charge in [-0.05, 0) is 23.8 Å². The molecule has 5 nitrogen and oxygen atoms in total. The van der Waals surface area contributed by atoms with E-state index in [-0.39, 0.29) is 5.91 Å². The minimum atomic E-state index is -0.173. The predicted octanol–water partition coefficient (Wildman–Crippen LogP) is 3.48. The molecule has 0 saturated carbocycles. The van der Waals surface area contributed by atoms with Crippen LogP contribution in [-0.2, 0) is 11.3 Å². The number of amides is 1. The lowest BCUT2D eigenvalue weighted by molar-refractivity contribution is -0.115. The second-order valence-corrected chi connectivity index (χ2v) is 7.43. The molecule has 0 radical (unpaired) electrons. The van der Waals surface area contributed by atoms with Crippen molar-refractivity contribution in [3.05, 3.63) is 77.1 Å². The van der Waals surface area contributed by atoms with Crippen molar-refractivity contribution >= 4 is 40.3 Å². The summed E-state index contributed by atoms with van der Waals surface area (Å²) in [5.74, 6) is -0.173. The SMILES string of the molecule is O=C1NC(=S)SC1=Cc1cn(Cc2ccccc2)nc1-c1cccnc1. The lowest BCUT2D eigenvalue weighted by Crippen LogP contribution is -2.17. The van der Waals surface area contributed by atoms with Crippen molar-refractivity contribution in [2.75, 3.05) is 0 Å². The van der Waals surface area contributed by atoms with Gasteiger partial charge in [-0.15, -0.1) is 0 Å². The number of aromatic nitrogens is 3. The molecule has 128 valence electrons. The molecule has 3 aromatic rings. The molecule has 1 aliphatic heterocycles. The van der Waals surface area contributed by atoms with Gasteiger partial charge in [0.1, 0.15) is 10.0 Å². The zero-order valence-electron chi connectivity index (χ0n) is 13.6. The average Bonchev–Trinajstić information content (AvgIpc) is 3.19. The maximum absolute atomic E-state index is 12.0. The minimum absolute atomic E-state index is 0.173. The third kappa shape index (κ3) is 3.58. The highest BCUT2D eigenvalue weighted by Crippen LogP contribution is 2.30. The van der Waals surface area contributed by atoms with Crippen LogP contribution >= 0.6 is 24.0 Å². The highest BCUT2D eigenvalue weighted by atomic mass is 32.2. The van der Waals surface area contributed by atoms with E-state index in [1.54, 1.807) is 12.4 Å². The second kappa shape index (κ2) is 7.23. The standard InChI is InChI=1S/C19H14N4OS2/c24-18-16(26-19(25)21-18)9-15-12-23(11-13-5-2-1-3-6-13)22-17(15)14-7-4-8-20-10-14/h1-10,12H,11H2,(H,21,24,25). The number of thiocarbonyl (C=S) groups is 1. The van der Waals surface area contributed by atoms with Gasteiger partial charge < -0.3 is 5.32 Å². The third-order valence-electron chi connectivity index (χ3n) is 3.84. The first-order chi connectivity index (χ1) is 12.7. The molecule has 0 unspecified atom stereocenters. The van der Waals surface area contributed by atoms with Gasteiger partial charge in [-0.1, -0.05) is 54.3 Å². The van der Waals surface area contributed by atoms with E-state index in [0.29, 0.717) is 15.8 Å². The van der Waals surface area contributed by atoms with E-state index in [0.717, 1.165) is 22.4 Å². The first-order valence-electron chi connectivity index (χ1n) is 7.96.